The van der Waals surface area contributed by atoms with Crippen LogP contribution in [-0.4, -0.2) is 57.9 Å². The Kier molecular flexibility index (Phi) is 18.5. The van der Waals surface area contributed by atoms with Gasteiger partial charge in [-0.25, -0.2) is 0 Å². The van der Waals surface area contributed by atoms with Crippen LogP contribution in [-0.2, 0) is 4.79 Å². The number of aliphatic carboxylic acids is 1. The summed E-state index contributed by atoms with van der Waals surface area (Å²) in [7, 11) is 0. The molecule has 1 N–H and O–H groups in total. The lowest BCUT2D eigenvalue weighted by molar-refractivity contribution is -0.144. The molecule has 6 aromatic rings. The van der Waals surface area contributed by atoms with Gasteiger partial charge in [-0.3, -0.25) is 19.3 Å². The molecule has 5 fully saturated rings. The minimum absolute atomic E-state index is 0.0297. The van der Waals surface area contributed by atoms with Gasteiger partial charge < -0.3 is 19.3 Å². The molecule has 3 unspecified atom stereocenters. The third-order valence-electron chi connectivity index (χ3n) is 17.8. The van der Waals surface area contributed by atoms with Crippen LogP contribution in [0.3, 0.4) is 0 Å². The zero-order valence-electron chi connectivity index (χ0n) is 46.4. The van der Waals surface area contributed by atoms with Crippen LogP contribution in [0.5, 0.6) is 17.2 Å². The van der Waals surface area contributed by atoms with Gasteiger partial charge in [-0.15, -0.1) is 0 Å². The molecule has 6 aromatic carbocycles. The first kappa shape index (κ1) is 56.7. The molecule has 11 heteroatoms. The van der Waals surface area contributed by atoms with E-state index in [2.05, 4.69) is 97.7 Å². The number of halogens is 1. The van der Waals surface area contributed by atoms with Gasteiger partial charge in [0.15, 0.2) is 11.6 Å². The van der Waals surface area contributed by atoms with Crippen molar-refractivity contribution in [2.75, 3.05) is 0 Å². The fraction of sp³-hybridized carbons (Fsp3) is 0.478. The summed E-state index contributed by atoms with van der Waals surface area (Å²) in [5.41, 5.74) is 3.85. The number of nitriles is 2. The van der Waals surface area contributed by atoms with E-state index in [0.717, 1.165) is 129 Å². The maximum atomic E-state index is 11.5. The number of hydrogen-bond acceptors (Lipinski definition) is 9. The van der Waals surface area contributed by atoms with Gasteiger partial charge in [-0.05, 0) is 227 Å². The first-order valence-corrected chi connectivity index (χ1v) is 29.8. The lowest BCUT2D eigenvalue weighted by atomic mass is 9.88. The van der Waals surface area contributed by atoms with E-state index in [9.17, 15) is 30.0 Å². The first-order valence-electron chi connectivity index (χ1n) is 28.7. The highest BCUT2D eigenvalue weighted by Crippen LogP contribution is 2.45. The third kappa shape index (κ3) is 13.2. The molecule has 11 rings (SSSR count). The lowest BCUT2D eigenvalue weighted by Crippen LogP contribution is -2.45. The molecule has 78 heavy (non-hydrogen) atoms. The summed E-state index contributed by atoms with van der Waals surface area (Å²) < 4.78 is 19.8. The van der Waals surface area contributed by atoms with Crippen molar-refractivity contribution < 1.29 is 33.7 Å². The number of nitrogens with zero attached hydrogens (tertiary/aromatic N) is 3. The number of carboxylic acid groups (broad SMARTS) is 1. The zero-order valence-corrected chi connectivity index (χ0v) is 48.5. The van der Waals surface area contributed by atoms with E-state index in [0.29, 0.717) is 46.4 Å². The number of ketones is 2. The fourth-order valence-electron chi connectivity index (χ4n) is 12.9. The van der Waals surface area contributed by atoms with Crippen molar-refractivity contribution in [2.24, 2.45) is 23.7 Å². The topological polar surface area (TPSA) is 150 Å². The van der Waals surface area contributed by atoms with E-state index in [4.69, 9.17) is 14.2 Å². The predicted molar refractivity (Wildman–Crippen MR) is 318 cm³/mol. The SMILES string of the molecule is CC(=O)c1ccc2c(C#N)c(OC3CCC(C)CC3)ccc2c1.CC(=O)c1ccc2c(I)c(OC3CCC(C)CC3)ccc2c1.CC1CCC(Oc2ccc3cc(C(C)N4C5CCC4CC(C(=O)O)C5)ccc3c2C#N)CC1. The molecule has 5 aliphatic rings. The van der Waals surface area contributed by atoms with E-state index >= 15 is 0 Å². The Balaban J connectivity index is 0.000000147. The Morgan fingerprint density at radius 3 is 1.35 bits per heavy atom. The van der Waals surface area contributed by atoms with Crippen LogP contribution < -0.4 is 14.2 Å². The Morgan fingerprint density at radius 2 is 0.923 bits per heavy atom. The normalized spacial score (nSPS) is 25.3. The molecule has 0 radical (unpaired) electrons. The monoisotopic (exact) mass is 1160 g/mol. The molecule has 0 amide bonds. The largest absolute Gasteiger partial charge is 0.489 e. The summed E-state index contributed by atoms with van der Waals surface area (Å²) in [5.74, 6) is 4.00. The van der Waals surface area contributed by atoms with Crippen LogP contribution in [0.1, 0.15) is 188 Å². The molecule has 0 spiro atoms. The molecule has 2 saturated heterocycles. The molecular weight excluding hydrogens is 1090 g/mol. The lowest BCUT2D eigenvalue weighted by Gasteiger charge is -2.41. The number of hydrogen-bond donors (Lipinski definition) is 1. The van der Waals surface area contributed by atoms with Gasteiger partial charge in [-0.1, -0.05) is 75.4 Å². The molecule has 0 aromatic heterocycles. The van der Waals surface area contributed by atoms with Crippen molar-refractivity contribution in [3.05, 3.63) is 122 Å². The van der Waals surface area contributed by atoms with Gasteiger partial charge >= 0.3 is 5.97 Å². The highest BCUT2D eigenvalue weighted by Gasteiger charge is 2.45. The van der Waals surface area contributed by atoms with Gasteiger partial charge in [0.25, 0.3) is 0 Å². The predicted octanol–water partition coefficient (Wildman–Crippen LogP) is 16.5. The number of carbonyl (C=O) groups is 3. The van der Waals surface area contributed by atoms with Gasteiger partial charge in [0.2, 0.25) is 0 Å². The van der Waals surface area contributed by atoms with Crippen LogP contribution in [0.15, 0.2) is 91.0 Å². The van der Waals surface area contributed by atoms with Gasteiger partial charge in [-0.2, -0.15) is 10.5 Å². The van der Waals surface area contributed by atoms with Crippen LogP contribution >= 0.6 is 22.6 Å². The summed E-state index contributed by atoms with van der Waals surface area (Å²) >= 11 is 2.36. The second-order valence-electron chi connectivity index (χ2n) is 23.5. The maximum absolute atomic E-state index is 11.5. The maximum Gasteiger partial charge on any atom is 0.306 e. The van der Waals surface area contributed by atoms with E-state index in [1.165, 1.54) is 44.1 Å². The molecule has 2 bridgehead atoms. The number of carboxylic acids is 1. The average molecular weight is 1160 g/mol. The van der Waals surface area contributed by atoms with E-state index in [1.807, 2.05) is 54.6 Å². The van der Waals surface area contributed by atoms with Crippen molar-refractivity contribution in [1.29, 1.82) is 10.5 Å². The summed E-state index contributed by atoms with van der Waals surface area (Å²) in [6.45, 7) is 12.3. The Bertz CT molecular complexity index is 3230. The van der Waals surface area contributed by atoms with E-state index in [-0.39, 0.29) is 35.7 Å². The van der Waals surface area contributed by atoms with Crippen molar-refractivity contribution in [3.8, 4) is 29.4 Å². The minimum Gasteiger partial charge on any atom is -0.489 e. The molecule has 3 atom stereocenters. The Hall–Kier alpha value is -6.02. The summed E-state index contributed by atoms with van der Waals surface area (Å²) in [5, 5.41) is 35.0. The minimum atomic E-state index is -0.644. The Morgan fingerprint density at radius 1 is 0.538 bits per heavy atom. The second-order valence-corrected chi connectivity index (χ2v) is 24.5. The number of ether oxygens (including phenoxy) is 3. The summed E-state index contributed by atoms with van der Waals surface area (Å²) in [4.78, 5) is 37.1. The summed E-state index contributed by atoms with van der Waals surface area (Å²) in [6, 6.07) is 35.3. The molecule has 3 saturated carbocycles. The summed E-state index contributed by atoms with van der Waals surface area (Å²) in [6.07, 6.45) is 18.2. The van der Waals surface area contributed by atoms with Gasteiger partial charge in [0.1, 0.15) is 40.5 Å². The first-order chi connectivity index (χ1) is 37.6. The molecule has 10 nitrogen and oxygen atoms in total. The van der Waals surface area contributed by atoms with Crippen LogP contribution in [0.25, 0.3) is 32.3 Å². The quantitative estimate of drug-likeness (QED) is 0.0981. The van der Waals surface area contributed by atoms with Crippen molar-refractivity contribution in [2.45, 2.75) is 181 Å². The van der Waals surface area contributed by atoms with Crippen molar-refractivity contribution in [1.82, 2.24) is 4.90 Å². The van der Waals surface area contributed by atoms with Crippen molar-refractivity contribution in [3.63, 3.8) is 0 Å². The molecule has 2 aliphatic heterocycles. The number of benzene rings is 6. The third-order valence-corrected chi connectivity index (χ3v) is 18.9. The average Bonchev–Trinajstić information content (AvgIpc) is 3.87. The van der Waals surface area contributed by atoms with Crippen LogP contribution in [0.4, 0.5) is 0 Å². The van der Waals surface area contributed by atoms with Gasteiger partial charge in [0.05, 0.1) is 27.8 Å². The molecule has 408 valence electrons. The molecule has 2 heterocycles. The second kappa shape index (κ2) is 25.4. The number of Topliss-reactive ketones (excluding diaryl/α,β-unsaturated/α-hetero) is 2. The highest BCUT2D eigenvalue weighted by atomic mass is 127. The zero-order chi connectivity index (χ0) is 55.2. The standard InChI is InChI=1S/C28H34N2O3.C20H21NO2.C19H21IO2/c1-17-3-9-24(10-4-17)33-27-12-6-20-13-19(5-11-25(20)26(27)16-29)18(2)30-22-7-8-23(30)15-21(14-22)28(31)32;1-13-3-7-17(8-4-13)23-20-10-6-16-11-15(14(2)22)5-9-18(16)19(20)12-21;1-12-3-7-16(8-4-12)22-18-10-6-15-11-14(13(2)21)5-9-17(15)19(18)20/h5-6,11-13,17-18,21-24H,3-4,7-10,14-15H2,1-2H3,(H,31,32);5-6,9-11,13,17H,3-4,7-8H2,1-2H3;5-6,9-12,16H,3-4,7-8H2,1-2H3. The smallest absolute Gasteiger partial charge is 0.306 e. The van der Waals surface area contributed by atoms with Crippen molar-refractivity contribution >= 4 is 72.4 Å². The highest BCUT2D eigenvalue weighted by molar-refractivity contribution is 14.1. The van der Waals surface area contributed by atoms with Crippen LogP contribution in [0.2, 0.25) is 0 Å². The number of carbonyl (C=O) groups excluding carboxylic acids is 2. The number of fused-ring (bicyclic) bond motifs is 5. The molecule has 3 aliphatic carbocycles. The van der Waals surface area contributed by atoms with E-state index < -0.39 is 5.97 Å². The number of piperidine rings is 1. The molecular formula is C67H76IN3O7. The van der Waals surface area contributed by atoms with Gasteiger partial charge in [0, 0.05) is 40.0 Å². The fourth-order valence-corrected chi connectivity index (χ4v) is 13.7. The van der Waals surface area contributed by atoms with E-state index in [1.54, 1.807) is 19.9 Å². The van der Waals surface area contributed by atoms with Crippen LogP contribution in [0, 0.1) is 49.9 Å². The Labute approximate surface area is 475 Å². The number of rotatable bonds is 11.